The second kappa shape index (κ2) is 6.99. The molecule has 1 aliphatic rings. The predicted molar refractivity (Wildman–Crippen MR) is 115 cm³/mol. The highest BCUT2D eigenvalue weighted by Gasteiger charge is 2.24. The number of rotatable bonds is 2. The average Bonchev–Trinajstić information content (AvgIpc) is 2.75. The maximum atomic E-state index is 13.6. The van der Waals surface area contributed by atoms with E-state index < -0.39 is 0 Å². The molecule has 4 nitrogen and oxygen atoms in total. The lowest BCUT2D eigenvalue weighted by Gasteiger charge is -2.26. The van der Waals surface area contributed by atoms with Gasteiger partial charge in [0.1, 0.15) is 16.0 Å². The van der Waals surface area contributed by atoms with Crippen molar-refractivity contribution in [3.05, 3.63) is 75.2 Å². The Hall–Kier alpha value is -2.79. The fraction of sp³-hybridized carbons (Fsp3) is 0.261. The quantitative estimate of drug-likeness (QED) is 0.447. The average molecular weight is 388 g/mol. The van der Waals surface area contributed by atoms with Gasteiger partial charge in [0.2, 0.25) is 5.43 Å². The number of benzene rings is 2. The molecular formula is C23H20N2O2S. The van der Waals surface area contributed by atoms with Crippen LogP contribution in [0.15, 0.2) is 64.2 Å². The molecule has 0 aliphatic heterocycles. The van der Waals surface area contributed by atoms with Crippen molar-refractivity contribution in [2.45, 2.75) is 38.1 Å². The number of hydrogen-bond acceptors (Lipinski definition) is 4. The highest BCUT2D eigenvalue weighted by Crippen LogP contribution is 2.32. The molecule has 1 aliphatic carbocycles. The van der Waals surface area contributed by atoms with Gasteiger partial charge in [0.05, 0.1) is 0 Å². The van der Waals surface area contributed by atoms with Crippen molar-refractivity contribution in [2.75, 3.05) is 0 Å². The summed E-state index contributed by atoms with van der Waals surface area (Å²) >= 11 is 1.42. The van der Waals surface area contributed by atoms with Gasteiger partial charge < -0.3 is 0 Å². The van der Waals surface area contributed by atoms with Crippen molar-refractivity contribution in [3.63, 3.8) is 0 Å². The molecule has 1 saturated carbocycles. The zero-order valence-corrected chi connectivity index (χ0v) is 16.2. The van der Waals surface area contributed by atoms with E-state index in [1.54, 1.807) is 10.6 Å². The largest absolute Gasteiger partial charge is 0.289 e. The van der Waals surface area contributed by atoms with Crippen molar-refractivity contribution in [1.82, 2.24) is 9.55 Å². The van der Waals surface area contributed by atoms with Crippen molar-refractivity contribution in [2.24, 2.45) is 0 Å². The third kappa shape index (κ3) is 2.78. The van der Waals surface area contributed by atoms with E-state index in [0.29, 0.717) is 16.0 Å². The third-order valence-electron chi connectivity index (χ3n) is 5.62. The Morgan fingerprint density at radius 2 is 1.61 bits per heavy atom. The molecular weight excluding hydrogens is 368 g/mol. The molecule has 0 unspecified atom stereocenters. The van der Waals surface area contributed by atoms with Gasteiger partial charge in [-0.05, 0) is 25.0 Å². The zero-order valence-electron chi connectivity index (χ0n) is 15.4. The van der Waals surface area contributed by atoms with E-state index in [2.05, 4.69) is 0 Å². The molecule has 4 aromatic rings. The monoisotopic (exact) mass is 388 g/mol. The van der Waals surface area contributed by atoms with E-state index >= 15 is 0 Å². The lowest BCUT2D eigenvalue weighted by molar-refractivity contribution is 0.348. The van der Waals surface area contributed by atoms with Crippen LogP contribution in [-0.2, 0) is 0 Å². The van der Waals surface area contributed by atoms with Gasteiger partial charge in [-0.15, -0.1) is 11.3 Å². The van der Waals surface area contributed by atoms with E-state index in [9.17, 15) is 9.59 Å². The normalized spacial score (nSPS) is 15.3. The molecule has 5 heteroatoms. The number of hydrogen-bond donors (Lipinski definition) is 0. The molecule has 5 rings (SSSR count). The van der Waals surface area contributed by atoms with Crippen LogP contribution in [0.5, 0.6) is 0 Å². The smallest absolute Gasteiger partial charge is 0.266 e. The van der Waals surface area contributed by atoms with Gasteiger partial charge in [-0.1, -0.05) is 61.7 Å². The SMILES string of the molecule is O=c1c2ccccc2sc2nc(-c3ccccc3)n(C3CCCCC3)c(=O)c12. The topological polar surface area (TPSA) is 52.0 Å². The van der Waals surface area contributed by atoms with Crippen molar-refractivity contribution >= 4 is 31.6 Å². The first-order chi connectivity index (χ1) is 13.7. The molecule has 2 heterocycles. The Balaban J connectivity index is 1.90. The summed E-state index contributed by atoms with van der Waals surface area (Å²) in [6, 6.07) is 17.4. The first-order valence-corrected chi connectivity index (χ1v) is 10.6. The van der Waals surface area contributed by atoms with Crippen LogP contribution in [0.4, 0.5) is 0 Å². The Kier molecular flexibility index (Phi) is 4.32. The standard InChI is InChI=1S/C23H20N2O2S/c26-20-17-13-7-8-14-18(17)28-22-19(20)23(27)25(16-11-5-2-6-12-16)21(24-22)15-9-3-1-4-10-15/h1,3-4,7-10,13-14,16H,2,5-6,11-12H2. The summed E-state index contributed by atoms with van der Waals surface area (Å²) in [5.74, 6) is 0.677. The third-order valence-corrected chi connectivity index (χ3v) is 6.68. The summed E-state index contributed by atoms with van der Waals surface area (Å²) in [5, 5.41) is 0.829. The van der Waals surface area contributed by atoms with Gasteiger partial charge in [-0.2, -0.15) is 0 Å². The number of nitrogens with zero attached hydrogens (tertiary/aromatic N) is 2. The minimum atomic E-state index is -0.203. The zero-order chi connectivity index (χ0) is 19.1. The van der Waals surface area contributed by atoms with E-state index in [0.717, 1.165) is 35.9 Å². The van der Waals surface area contributed by atoms with Crippen LogP contribution in [0.2, 0.25) is 0 Å². The summed E-state index contributed by atoms with van der Waals surface area (Å²) in [5.41, 5.74) is 0.522. The molecule has 2 aromatic carbocycles. The van der Waals surface area contributed by atoms with Gasteiger partial charge in [0.25, 0.3) is 5.56 Å². The number of aromatic nitrogens is 2. The molecule has 28 heavy (non-hydrogen) atoms. The Bertz CT molecular complexity index is 1290. The summed E-state index contributed by atoms with van der Waals surface area (Å²) < 4.78 is 2.67. The summed E-state index contributed by atoms with van der Waals surface area (Å²) in [6.45, 7) is 0. The minimum Gasteiger partial charge on any atom is -0.289 e. The minimum absolute atomic E-state index is 0.101. The van der Waals surface area contributed by atoms with Gasteiger partial charge in [0.15, 0.2) is 0 Å². The first kappa shape index (κ1) is 17.3. The molecule has 0 amide bonds. The van der Waals surface area contributed by atoms with Gasteiger partial charge in [0, 0.05) is 21.7 Å². The molecule has 0 N–H and O–H groups in total. The first-order valence-electron chi connectivity index (χ1n) is 9.77. The summed E-state index contributed by atoms with van der Waals surface area (Å²) in [6.07, 6.45) is 5.32. The molecule has 0 saturated heterocycles. The predicted octanol–water partition coefficient (Wildman–Crippen LogP) is 5.14. The maximum Gasteiger partial charge on any atom is 0.266 e. The highest BCUT2D eigenvalue weighted by atomic mass is 32.1. The van der Waals surface area contributed by atoms with E-state index in [4.69, 9.17) is 4.98 Å². The van der Waals surface area contributed by atoms with Gasteiger partial charge in [-0.3, -0.25) is 14.2 Å². The van der Waals surface area contributed by atoms with E-state index in [1.807, 2.05) is 48.5 Å². The maximum absolute atomic E-state index is 13.6. The lowest BCUT2D eigenvalue weighted by Crippen LogP contribution is -2.31. The fourth-order valence-electron chi connectivity index (χ4n) is 4.23. The summed E-state index contributed by atoms with van der Waals surface area (Å²) in [4.78, 5) is 32.2. The lowest BCUT2D eigenvalue weighted by atomic mass is 9.94. The van der Waals surface area contributed by atoms with Crippen molar-refractivity contribution in [1.29, 1.82) is 0 Å². The van der Waals surface area contributed by atoms with Crippen LogP contribution in [0.25, 0.3) is 31.7 Å². The Labute approximate surface area is 166 Å². The molecule has 1 fully saturated rings. The van der Waals surface area contributed by atoms with Crippen LogP contribution in [-0.4, -0.2) is 9.55 Å². The van der Waals surface area contributed by atoms with Crippen LogP contribution in [0, 0.1) is 0 Å². The summed E-state index contributed by atoms with van der Waals surface area (Å²) in [7, 11) is 0. The number of fused-ring (bicyclic) bond motifs is 2. The molecule has 2 aromatic heterocycles. The molecule has 0 atom stereocenters. The van der Waals surface area contributed by atoms with Crippen LogP contribution in [0.3, 0.4) is 0 Å². The van der Waals surface area contributed by atoms with E-state index in [1.165, 1.54) is 17.8 Å². The second-order valence-electron chi connectivity index (χ2n) is 7.38. The Morgan fingerprint density at radius 1 is 0.893 bits per heavy atom. The molecule has 0 spiro atoms. The Morgan fingerprint density at radius 3 is 2.39 bits per heavy atom. The fourth-order valence-corrected chi connectivity index (χ4v) is 5.27. The van der Waals surface area contributed by atoms with Crippen LogP contribution in [0.1, 0.15) is 38.1 Å². The molecule has 0 radical (unpaired) electrons. The van der Waals surface area contributed by atoms with Gasteiger partial charge in [-0.25, -0.2) is 4.98 Å². The molecule has 0 bridgehead atoms. The van der Waals surface area contributed by atoms with Crippen molar-refractivity contribution in [3.8, 4) is 11.4 Å². The van der Waals surface area contributed by atoms with Crippen molar-refractivity contribution < 1.29 is 0 Å². The van der Waals surface area contributed by atoms with Crippen LogP contribution < -0.4 is 11.0 Å². The van der Waals surface area contributed by atoms with E-state index in [-0.39, 0.29) is 22.4 Å². The van der Waals surface area contributed by atoms with Crippen LogP contribution >= 0.6 is 11.3 Å². The second-order valence-corrected chi connectivity index (χ2v) is 8.41. The molecule has 140 valence electrons. The highest BCUT2D eigenvalue weighted by molar-refractivity contribution is 7.24. The van der Waals surface area contributed by atoms with Gasteiger partial charge >= 0.3 is 0 Å².